The van der Waals surface area contributed by atoms with Crippen LogP contribution in [0.2, 0.25) is 5.02 Å². The van der Waals surface area contributed by atoms with Crippen LogP contribution in [0.3, 0.4) is 0 Å². The Morgan fingerprint density at radius 1 is 1.27 bits per heavy atom. The highest BCUT2D eigenvalue weighted by molar-refractivity contribution is 7.92. The molecule has 0 atom stereocenters. The largest absolute Gasteiger partial charge is 0.419 e. The number of hydrogen-bond acceptors (Lipinski definition) is 5. The van der Waals surface area contributed by atoms with Gasteiger partial charge in [0.15, 0.2) is 5.58 Å². The molecular formula is C13H10ClN3O4S. The highest BCUT2D eigenvalue weighted by Crippen LogP contribution is 2.21. The van der Waals surface area contributed by atoms with Gasteiger partial charge in [0.2, 0.25) is 0 Å². The predicted molar refractivity (Wildman–Crippen MR) is 81.5 cm³/mol. The average Bonchev–Trinajstić information content (AvgIpc) is 2.73. The van der Waals surface area contributed by atoms with Crippen LogP contribution in [0.4, 0.5) is 5.82 Å². The van der Waals surface area contributed by atoms with Gasteiger partial charge < -0.3 is 4.42 Å². The Morgan fingerprint density at radius 3 is 2.77 bits per heavy atom. The predicted octanol–water partition coefficient (Wildman–Crippen LogP) is 1.98. The highest BCUT2D eigenvalue weighted by Gasteiger charge is 2.17. The lowest BCUT2D eigenvalue weighted by Crippen LogP contribution is -2.14. The van der Waals surface area contributed by atoms with Crippen LogP contribution in [0.25, 0.3) is 11.1 Å². The first kappa shape index (κ1) is 14.6. The molecule has 0 aliphatic heterocycles. The molecule has 1 N–H and O–H groups in total. The molecule has 2 heterocycles. The Kier molecular flexibility index (Phi) is 3.42. The van der Waals surface area contributed by atoms with E-state index in [9.17, 15) is 13.2 Å². The van der Waals surface area contributed by atoms with E-state index in [0.29, 0.717) is 16.1 Å². The van der Waals surface area contributed by atoms with Gasteiger partial charge in [-0.1, -0.05) is 11.6 Å². The van der Waals surface area contributed by atoms with Gasteiger partial charge in [-0.2, -0.15) is 0 Å². The quantitative estimate of drug-likeness (QED) is 0.787. The summed E-state index contributed by atoms with van der Waals surface area (Å²) in [6.45, 7) is 0. The maximum atomic E-state index is 12.4. The molecule has 0 spiro atoms. The number of oxazole rings is 1. The van der Waals surface area contributed by atoms with Crippen LogP contribution in [0, 0.1) is 0 Å². The lowest BCUT2D eigenvalue weighted by Gasteiger charge is -2.07. The molecule has 0 radical (unpaired) electrons. The van der Waals surface area contributed by atoms with Crippen molar-refractivity contribution in [3.05, 3.63) is 52.1 Å². The minimum Gasteiger partial charge on any atom is -0.408 e. The number of aryl methyl sites for hydroxylation is 1. The third kappa shape index (κ3) is 2.58. The minimum absolute atomic E-state index is 0.0156. The summed E-state index contributed by atoms with van der Waals surface area (Å²) in [6.07, 6.45) is 1.39. The van der Waals surface area contributed by atoms with E-state index in [-0.39, 0.29) is 10.7 Å². The SMILES string of the molecule is Cn1c(=O)oc2ccc(S(=O)(=O)Nc3cc(Cl)ccn3)cc21. The van der Waals surface area contributed by atoms with Crippen LogP contribution in [0.15, 0.2) is 50.6 Å². The minimum atomic E-state index is -3.86. The fourth-order valence-electron chi connectivity index (χ4n) is 1.93. The molecule has 7 nitrogen and oxygen atoms in total. The van der Waals surface area contributed by atoms with Crippen molar-refractivity contribution >= 4 is 38.5 Å². The monoisotopic (exact) mass is 339 g/mol. The Bertz CT molecular complexity index is 1020. The molecule has 0 fully saturated rings. The smallest absolute Gasteiger partial charge is 0.408 e. The molecular weight excluding hydrogens is 330 g/mol. The zero-order valence-corrected chi connectivity index (χ0v) is 12.9. The van der Waals surface area contributed by atoms with Crippen LogP contribution < -0.4 is 10.5 Å². The first-order valence-corrected chi connectivity index (χ1v) is 7.97. The van der Waals surface area contributed by atoms with Gasteiger partial charge in [-0.05, 0) is 24.3 Å². The van der Waals surface area contributed by atoms with E-state index in [2.05, 4.69) is 9.71 Å². The lowest BCUT2D eigenvalue weighted by atomic mass is 10.3. The van der Waals surface area contributed by atoms with E-state index in [1.54, 1.807) is 0 Å². The van der Waals surface area contributed by atoms with E-state index in [0.717, 1.165) is 0 Å². The van der Waals surface area contributed by atoms with E-state index in [4.69, 9.17) is 16.0 Å². The van der Waals surface area contributed by atoms with Crippen molar-refractivity contribution in [1.82, 2.24) is 9.55 Å². The molecule has 22 heavy (non-hydrogen) atoms. The molecule has 3 aromatic rings. The standard InChI is InChI=1S/C13H10ClN3O4S/c1-17-10-7-9(2-3-11(10)21-13(17)18)22(19,20)16-12-6-8(14)4-5-15-12/h2-7H,1H3,(H,15,16). The van der Waals surface area contributed by atoms with Gasteiger partial charge in [-0.25, -0.2) is 18.2 Å². The van der Waals surface area contributed by atoms with Crippen LogP contribution in [-0.4, -0.2) is 18.0 Å². The molecule has 0 saturated heterocycles. The molecule has 0 aliphatic carbocycles. The first-order chi connectivity index (χ1) is 10.4. The topological polar surface area (TPSA) is 94.2 Å². The van der Waals surface area contributed by atoms with Crippen molar-refractivity contribution in [1.29, 1.82) is 0 Å². The molecule has 2 aromatic heterocycles. The van der Waals surface area contributed by atoms with Crippen LogP contribution in [0.5, 0.6) is 0 Å². The average molecular weight is 340 g/mol. The molecule has 0 saturated carbocycles. The number of nitrogens with one attached hydrogen (secondary N) is 1. The van der Waals surface area contributed by atoms with E-state index < -0.39 is 15.8 Å². The highest BCUT2D eigenvalue weighted by atomic mass is 35.5. The van der Waals surface area contributed by atoms with Crippen molar-refractivity contribution in [3.8, 4) is 0 Å². The second-order valence-corrected chi connectivity index (χ2v) is 6.64. The number of benzene rings is 1. The summed E-state index contributed by atoms with van der Waals surface area (Å²) in [7, 11) is -2.36. The first-order valence-electron chi connectivity index (χ1n) is 6.11. The third-order valence-corrected chi connectivity index (χ3v) is 4.62. The summed E-state index contributed by atoms with van der Waals surface area (Å²) in [4.78, 5) is 15.3. The van der Waals surface area contributed by atoms with Crippen LogP contribution in [0.1, 0.15) is 0 Å². The van der Waals surface area contributed by atoms with Gasteiger partial charge in [0.05, 0.1) is 10.4 Å². The molecule has 9 heteroatoms. The molecule has 0 amide bonds. The lowest BCUT2D eigenvalue weighted by molar-refractivity contribution is 0.528. The van der Waals surface area contributed by atoms with Gasteiger partial charge in [-0.15, -0.1) is 0 Å². The second-order valence-electron chi connectivity index (χ2n) is 4.52. The van der Waals surface area contributed by atoms with Crippen LogP contribution >= 0.6 is 11.6 Å². The number of nitrogens with zero attached hydrogens (tertiary/aromatic N) is 2. The van der Waals surface area contributed by atoms with E-state index in [1.165, 1.54) is 48.1 Å². The Hall–Kier alpha value is -2.32. The number of rotatable bonds is 3. The summed E-state index contributed by atoms with van der Waals surface area (Å²) in [6, 6.07) is 7.06. The van der Waals surface area contributed by atoms with Crippen LogP contribution in [-0.2, 0) is 17.1 Å². The van der Waals surface area contributed by atoms with E-state index >= 15 is 0 Å². The van der Waals surface area contributed by atoms with Crippen molar-refractivity contribution in [3.63, 3.8) is 0 Å². The fourth-order valence-corrected chi connectivity index (χ4v) is 3.11. The third-order valence-electron chi connectivity index (χ3n) is 3.03. The maximum Gasteiger partial charge on any atom is 0.419 e. The number of sulfonamides is 1. The van der Waals surface area contributed by atoms with Crippen molar-refractivity contribution < 1.29 is 12.8 Å². The van der Waals surface area contributed by atoms with Crippen molar-refractivity contribution in [2.24, 2.45) is 7.05 Å². The number of anilines is 1. The molecule has 0 bridgehead atoms. The Balaban J connectivity index is 2.05. The van der Waals surface area contributed by atoms with E-state index in [1.807, 2.05) is 0 Å². The molecule has 0 aliphatic rings. The number of aromatic nitrogens is 2. The Labute approximate surface area is 130 Å². The Morgan fingerprint density at radius 2 is 2.05 bits per heavy atom. The summed E-state index contributed by atoms with van der Waals surface area (Å²) < 4.78 is 33.2. The van der Waals surface area contributed by atoms with Crippen molar-refractivity contribution in [2.75, 3.05) is 4.72 Å². The van der Waals surface area contributed by atoms with Gasteiger partial charge >= 0.3 is 5.76 Å². The van der Waals surface area contributed by atoms with Gasteiger partial charge in [-0.3, -0.25) is 9.29 Å². The maximum absolute atomic E-state index is 12.4. The number of hydrogen-bond donors (Lipinski definition) is 1. The molecule has 3 rings (SSSR count). The zero-order chi connectivity index (χ0) is 15.9. The number of fused-ring (bicyclic) bond motifs is 1. The van der Waals surface area contributed by atoms with Gasteiger partial charge in [0.25, 0.3) is 10.0 Å². The summed E-state index contributed by atoms with van der Waals surface area (Å²) in [5.41, 5.74) is 0.694. The fraction of sp³-hybridized carbons (Fsp3) is 0.0769. The van der Waals surface area contributed by atoms with Crippen molar-refractivity contribution in [2.45, 2.75) is 4.90 Å². The normalized spacial score (nSPS) is 11.7. The van der Waals surface area contributed by atoms with Gasteiger partial charge in [0, 0.05) is 24.3 Å². The summed E-state index contributed by atoms with van der Waals surface area (Å²) in [5, 5.41) is 0.361. The second kappa shape index (κ2) is 5.15. The number of halogens is 1. The van der Waals surface area contributed by atoms with Gasteiger partial charge in [0.1, 0.15) is 5.82 Å². The molecule has 114 valence electrons. The molecule has 0 unspecified atom stereocenters. The molecule has 1 aromatic carbocycles. The summed E-state index contributed by atoms with van der Waals surface area (Å²) >= 11 is 5.80. The zero-order valence-electron chi connectivity index (χ0n) is 11.3. The summed E-state index contributed by atoms with van der Waals surface area (Å²) in [5.74, 6) is -0.456. The number of pyridine rings is 1.